The Labute approximate surface area is 121 Å². The number of carbonyl (C=O) groups excluding carboxylic acids is 1. The fraction of sp³-hybridized carbons (Fsp3) is 0.583. The quantitative estimate of drug-likeness (QED) is 0.848. The smallest absolute Gasteiger partial charge is 0.262 e. The molecule has 1 aliphatic carbocycles. The number of nitrogens with one attached hydrogen (secondary N) is 1. The molecule has 1 fully saturated rings. The molecule has 19 heavy (non-hydrogen) atoms. The molecule has 1 atom stereocenters. The first-order valence-electron chi connectivity index (χ1n) is 6.13. The van der Waals surface area contributed by atoms with Crippen molar-refractivity contribution < 1.29 is 13.2 Å². The van der Waals surface area contributed by atoms with Gasteiger partial charge in [0.1, 0.15) is 0 Å². The summed E-state index contributed by atoms with van der Waals surface area (Å²) in [6.45, 7) is 3.61. The predicted molar refractivity (Wildman–Crippen MR) is 76.4 cm³/mol. The second kappa shape index (κ2) is 5.42. The van der Waals surface area contributed by atoms with E-state index in [9.17, 15) is 13.2 Å². The van der Waals surface area contributed by atoms with Crippen LogP contribution in [0.4, 0.5) is 0 Å². The second-order valence-corrected chi connectivity index (χ2v) is 8.81. The van der Waals surface area contributed by atoms with Crippen LogP contribution in [-0.4, -0.2) is 20.4 Å². The van der Waals surface area contributed by atoms with Crippen LogP contribution in [0, 0.1) is 12.8 Å². The first-order chi connectivity index (χ1) is 8.77. The van der Waals surface area contributed by atoms with E-state index in [1.165, 1.54) is 18.9 Å². The number of rotatable bonds is 5. The van der Waals surface area contributed by atoms with Gasteiger partial charge in [0.2, 0.25) is 0 Å². The summed E-state index contributed by atoms with van der Waals surface area (Å²) >= 11 is 1.15. The third kappa shape index (κ3) is 3.94. The molecule has 1 N–H and O–H groups in total. The van der Waals surface area contributed by atoms with Crippen LogP contribution >= 0.6 is 22.0 Å². The van der Waals surface area contributed by atoms with Crippen LogP contribution in [0.15, 0.2) is 11.0 Å². The molecule has 0 radical (unpaired) electrons. The average Bonchev–Trinajstić information content (AvgIpc) is 2.96. The van der Waals surface area contributed by atoms with Crippen LogP contribution in [0.3, 0.4) is 0 Å². The molecule has 0 spiro atoms. The lowest BCUT2D eigenvalue weighted by Gasteiger charge is -2.12. The predicted octanol–water partition coefficient (Wildman–Crippen LogP) is 2.90. The molecule has 4 nitrogen and oxygen atoms in total. The highest BCUT2D eigenvalue weighted by Crippen LogP contribution is 2.33. The number of carbonyl (C=O) groups is 1. The van der Waals surface area contributed by atoms with Crippen molar-refractivity contribution in [3.05, 3.63) is 15.8 Å². The van der Waals surface area contributed by atoms with Gasteiger partial charge < -0.3 is 5.32 Å². The molecule has 7 heteroatoms. The van der Waals surface area contributed by atoms with Crippen LogP contribution in [-0.2, 0) is 9.05 Å². The summed E-state index contributed by atoms with van der Waals surface area (Å²) in [4.78, 5) is 13.0. The lowest BCUT2D eigenvalue weighted by atomic mass is 10.1. The second-order valence-electron chi connectivity index (χ2n) is 5.02. The molecule has 1 saturated carbocycles. The van der Waals surface area contributed by atoms with Crippen molar-refractivity contribution in [2.45, 2.75) is 44.0 Å². The van der Waals surface area contributed by atoms with Gasteiger partial charge in [0, 0.05) is 21.6 Å². The lowest BCUT2D eigenvalue weighted by Crippen LogP contribution is -2.32. The largest absolute Gasteiger partial charge is 0.349 e. The molecule has 1 heterocycles. The number of hydrogen-bond acceptors (Lipinski definition) is 4. The normalized spacial score (nSPS) is 17.2. The Balaban J connectivity index is 2.06. The van der Waals surface area contributed by atoms with Gasteiger partial charge in [-0.3, -0.25) is 4.79 Å². The molecule has 1 aromatic heterocycles. The Bertz CT molecular complexity index is 590. The van der Waals surface area contributed by atoms with Gasteiger partial charge in [-0.2, -0.15) is 0 Å². The lowest BCUT2D eigenvalue weighted by molar-refractivity contribution is 0.0941. The van der Waals surface area contributed by atoms with E-state index in [1.54, 1.807) is 6.92 Å². The Kier molecular flexibility index (Phi) is 4.23. The van der Waals surface area contributed by atoms with E-state index in [0.717, 1.165) is 23.7 Å². The highest BCUT2D eigenvalue weighted by atomic mass is 35.7. The molecule has 1 unspecified atom stereocenters. The van der Waals surface area contributed by atoms with E-state index in [2.05, 4.69) is 5.32 Å². The first-order valence-corrected chi connectivity index (χ1v) is 9.26. The summed E-state index contributed by atoms with van der Waals surface area (Å²) in [7, 11) is 1.53. The fourth-order valence-electron chi connectivity index (χ4n) is 2.03. The van der Waals surface area contributed by atoms with Gasteiger partial charge in [-0.25, -0.2) is 8.42 Å². The minimum atomic E-state index is -3.78. The van der Waals surface area contributed by atoms with Crippen molar-refractivity contribution in [1.29, 1.82) is 0 Å². The molecular formula is C12H16ClNO3S2. The van der Waals surface area contributed by atoms with Gasteiger partial charge in [-0.05, 0) is 32.3 Å². The Morgan fingerprint density at radius 2 is 2.21 bits per heavy atom. The van der Waals surface area contributed by atoms with Crippen LogP contribution < -0.4 is 5.32 Å². The molecule has 0 saturated heterocycles. The van der Waals surface area contributed by atoms with E-state index in [1.807, 2.05) is 6.92 Å². The summed E-state index contributed by atoms with van der Waals surface area (Å²) in [5.74, 6) is 0.506. The maximum absolute atomic E-state index is 12.0. The zero-order chi connectivity index (χ0) is 14.2. The summed E-state index contributed by atoms with van der Waals surface area (Å²) < 4.78 is 22.6. The van der Waals surface area contributed by atoms with Crippen molar-refractivity contribution in [3.63, 3.8) is 0 Å². The number of amides is 1. The number of thiophene rings is 1. The topological polar surface area (TPSA) is 63.2 Å². The van der Waals surface area contributed by atoms with E-state index < -0.39 is 9.05 Å². The van der Waals surface area contributed by atoms with Crippen molar-refractivity contribution in [2.24, 2.45) is 5.92 Å². The van der Waals surface area contributed by atoms with Gasteiger partial charge in [0.15, 0.2) is 0 Å². The molecule has 0 aliphatic heterocycles. The van der Waals surface area contributed by atoms with E-state index in [4.69, 9.17) is 10.7 Å². The van der Waals surface area contributed by atoms with Crippen LogP contribution in [0.5, 0.6) is 0 Å². The van der Waals surface area contributed by atoms with Crippen LogP contribution in [0.1, 0.15) is 40.7 Å². The third-order valence-electron chi connectivity index (χ3n) is 3.12. The zero-order valence-electron chi connectivity index (χ0n) is 10.8. The van der Waals surface area contributed by atoms with Crippen molar-refractivity contribution in [3.8, 4) is 0 Å². The van der Waals surface area contributed by atoms with Crippen LogP contribution in [0.2, 0.25) is 0 Å². The third-order valence-corrected chi connectivity index (χ3v) is 5.75. The zero-order valence-corrected chi connectivity index (χ0v) is 13.2. The number of hydrogen-bond donors (Lipinski definition) is 1. The van der Waals surface area contributed by atoms with Gasteiger partial charge in [-0.1, -0.05) is 12.8 Å². The Hall–Kier alpha value is -0.590. The molecular weight excluding hydrogens is 306 g/mol. The van der Waals surface area contributed by atoms with Gasteiger partial charge >= 0.3 is 0 Å². The van der Waals surface area contributed by atoms with Crippen molar-refractivity contribution >= 4 is 37.0 Å². The van der Waals surface area contributed by atoms with Crippen molar-refractivity contribution in [2.75, 3.05) is 0 Å². The molecule has 106 valence electrons. The maximum Gasteiger partial charge on any atom is 0.262 e. The Morgan fingerprint density at radius 1 is 1.58 bits per heavy atom. The molecule has 0 aromatic carbocycles. The number of halogens is 1. The molecule has 1 aliphatic rings. The summed E-state index contributed by atoms with van der Waals surface area (Å²) in [6, 6.07) is 1.46. The van der Waals surface area contributed by atoms with Gasteiger partial charge in [0.05, 0.1) is 9.77 Å². The molecule has 0 bridgehead atoms. The van der Waals surface area contributed by atoms with Gasteiger partial charge in [-0.15, -0.1) is 11.3 Å². The molecule has 1 amide bonds. The molecule has 2 rings (SSSR count). The van der Waals surface area contributed by atoms with Crippen LogP contribution in [0.25, 0.3) is 0 Å². The van der Waals surface area contributed by atoms with Gasteiger partial charge in [0.25, 0.3) is 15.0 Å². The highest BCUT2D eigenvalue weighted by molar-refractivity contribution is 8.13. The van der Waals surface area contributed by atoms with E-state index >= 15 is 0 Å². The maximum atomic E-state index is 12.0. The molecule has 1 aromatic rings. The number of aryl methyl sites for hydroxylation is 1. The summed E-state index contributed by atoms with van der Waals surface area (Å²) in [5, 5.41) is 2.89. The minimum absolute atomic E-state index is 0.0270. The average molecular weight is 322 g/mol. The Morgan fingerprint density at radius 3 is 2.68 bits per heavy atom. The fourth-order valence-corrected chi connectivity index (χ4v) is 4.59. The minimum Gasteiger partial charge on any atom is -0.349 e. The van der Waals surface area contributed by atoms with Crippen molar-refractivity contribution in [1.82, 2.24) is 5.32 Å². The SMILES string of the molecule is Cc1sc(C(=O)NC(C)CC2CC2)cc1S(=O)(=O)Cl. The summed E-state index contributed by atoms with van der Waals surface area (Å²) in [5.41, 5.74) is 0. The highest BCUT2D eigenvalue weighted by Gasteiger charge is 2.25. The summed E-state index contributed by atoms with van der Waals surface area (Å²) in [6.07, 6.45) is 3.47. The standard InChI is InChI=1S/C12H16ClNO3S2/c1-7(5-9-3-4-9)14-12(15)10-6-11(8(2)18-10)19(13,16)17/h6-7,9H,3-5H2,1-2H3,(H,14,15). The van der Waals surface area contributed by atoms with E-state index in [-0.39, 0.29) is 16.8 Å². The monoisotopic (exact) mass is 321 g/mol. The first kappa shape index (κ1) is 14.8. The van der Waals surface area contributed by atoms with E-state index in [0.29, 0.717) is 9.75 Å².